The minimum Gasteiger partial charge on any atom is -0.463 e. The van der Waals surface area contributed by atoms with E-state index >= 15 is 0 Å². The van der Waals surface area contributed by atoms with E-state index in [4.69, 9.17) is 28.1 Å². The first kappa shape index (κ1) is 32.0. The van der Waals surface area contributed by atoms with Gasteiger partial charge in [0.2, 0.25) is 5.79 Å². The molecule has 1 unspecified atom stereocenters. The van der Waals surface area contributed by atoms with Crippen molar-refractivity contribution in [1.29, 1.82) is 0 Å². The van der Waals surface area contributed by atoms with Gasteiger partial charge in [0.1, 0.15) is 12.7 Å². The molecule has 11 nitrogen and oxygen atoms in total. The molecule has 0 amide bonds. The molecule has 0 saturated carbocycles. The first-order valence-corrected chi connectivity index (χ1v) is 14.9. The summed E-state index contributed by atoms with van der Waals surface area (Å²) in [5.74, 6) is -5.01. The molecular formula is C24H42O11Si. The van der Waals surface area contributed by atoms with Crippen LogP contribution < -0.4 is 0 Å². The second-order valence-corrected chi connectivity index (χ2v) is 12.8. The lowest BCUT2D eigenvalue weighted by atomic mass is 9.84. The lowest BCUT2D eigenvalue weighted by molar-refractivity contribution is -0.354. The number of carbonyl (C=O) groups is 4. The zero-order valence-electron chi connectivity index (χ0n) is 22.8. The van der Waals surface area contributed by atoms with Crippen LogP contribution in [0.4, 0.5) is 0 Å². The number of rotatable bonds is 11. The summed E-state index contributed by atoms with van der Waals surface area (Å²) >= 11 is 0. The monoisotopic (exact) mass is 534 g/mol. The molecule has 1 rings (SSSR count). The van der Waals surface area contributed by atoms with Gasteiger partial charge in [-0.05, 0) is 31.4 Å². The van der Waals surface area contributed by atoms with Crippen LogP contribution in [0.15, 0.2) is 0 Å². The fourth-order valence-corrected chi connectivity index (χ4v) is 5.34. The Bertz CT molecular complexity index is 779. The van der Waals surface area contributed by atoms with Crippen molar-refractivity contribution in [2.24, 2.45) is 5.41 Å². The van der Waals surface area contributed by atoms with Crippen LogP contribution >= 0.6 is 0 Å². The summed E-state index contributed by atoms with van der Waals surface area (Å²) in [4.78, 5) is 47.2. The van der Waals surface area contributed by atoms with Gasteiger partial charge in [0.15, 0.2) is 27.4 Å². The largest absolute Gasteiger partial charge is 0.463 e. The molecular weight excluding hydrogens is 492 g/mol. The zero-order chi connectivity index (χ0) is 27.8. The highest BCUT2D eigenvalue weighted by atomic mass is 28.3. The predicted octanol–water partition coefficient (Wildman–Crippen LogP) is 2.02. The minimum atomic E-state index is -2.13. The Balaban J connectivity index is 3.35. The summed E-state index contributed by atoms with van der Waals surface area (Å²) < 4.78 is 33.3. The van der Waals surface area contributed by atoms with Crippen molar-refractivity contribution < 1.29 is 52.4 Å². The molecule has 1 aliphatic rings. The number of esters is 4. The van der Waals surface area contributed by atoms with Crippen LogP contribution in [-0.4, -0.2) is 80.9 Å². The van der Waals surface area contributed by atoms with Crippen LogP contribution in [0.25, 0.3) is 0 Å². The molecule has 0 spiro atoms. The maximum atomic E-state index is 12.0. The average molecular weight is 535 g/mol. The Kier molecular flexibility index (Phi) is 12.0. The minimum absolute atomic E-state index is 0.0261. The Hall–Kier alpha value is -2.02. The van der Waals surface area contributed by atoms with Crippen LogP contribution in [0.2, 0.25) is 13.1 Å². The van der Waals surface area contributed by atoms with Crippen LogP contribution in [0.1, 0.15) is 67.7 Å². The van der Waals surface area contributed by atoms with Gasteiger partial charge in [-0.1, -0.05) is 20.8 Å². The first-order valence-electron chi connectivity index (χ1n) is 12.2. The molecule has 1 aliphatic heterocycles. The smallest absolute Gasteiger partial charge is 0.303 e. The first-order chi connectivity index (χ1) is 16.5. The molecule has 0 bridgehead atoms. The van der Waals surface area contributed by atoms with Crippen molar-refractivity contribution in [3.05, 3.63) is 0 Å². The third kappa shape index (κ3) is 10.2. The van der Waals surface area contributed by atoms with Gasteiger partial charge in [-0.3, -0.25) is 19.2 Å². The molecule has 0 radical (unpaired) electrons. The molecule has 1 N–H and O–H groups in total. The number of ether oxygens (including phenoxy) is 5. The third-order valence-corrected chi connectivity index (χ3v) is 6.41. The van der Waals surface area contributed by atoms with E-state index in [1.165, 1.54) is 6.92 Å². The maximum Gasteiger partial charge on any atom is 0.303 e. The Morgan fingerprint density at radius 2 is 1.44 bits per heavy atom. The summed E-state index contributed by atoms with van der Waals surface area (Å²) in [6.45, 7) is 14.5. The fraction of sp³-hybridized carbons (Fsp3) is 0.833. The second kappa shape index (κ2) is 13.5. The molecule has 208 valence electrons. The lowest BCUT2D eigenvalue weighted by Gasteiger charge is -2.48. The van der Waals surface area contributed by atoms with Gasteiger partial charge >= 0.3 is 23.9 Å². The molecule has 0 aliphatic carbocycles. The third-order valence-electron chi connectivity index (χ3n) is 5.54. The van der Waals surface area contributed by atoms with E-state index in [1.807, 2.05) is 0 Å². The predicted molar refractivity (Wildman–Crippen MR) is 130 cm³/mol. The molecule has 12 heteroatoms. The fourth-order valence-electron chi connectivity index (χ4n) is 4.13. The van der Waals surface area contributed by atoms with E-state index in [2.05, 4.69) is 33.9 Å². The SMILES string of the molecule is CC(=O)OC[C@H]1O[C@@](O)(CCCC(O[SiH](C)C)C(C)(C)C)[C@H](OC(C)=O)[C@@H](OC(C)=O)[C@H]1OC(C)=O. The van der Waals surface area contributed by atoms with Crippen LogP contribution in [0, 0.1) is 5.41 Å². The van der Waals surface area contributed by atoms with E-state index in [-0.39, 0.29) is 17.9 Å². The summed E-state index contributed by atoms with van der Waals surface area (Å²) in [5, 5.41) is 11.6. The number of aliphatic hydroxyl groups is 1. The number of hydrogen-bond donors (Lipinski definition) is 1. The van der Waals surface area contributed by atoms with Gasteiger partial charge in [-0.25, -0.2) is 0 Å². The lowest BCUT2D eigenvalue weighted by Crippen LogP contribution is -2.68. The average Bonchev–Trinajstić information content (AvgIpc) is 2.69. The topological polar surface area (TPSA) is 144 Å². The number of hydrogen-bond acceptors (Lipinski definition) is 11. The molecule has 6 atom stereocenters. The van der Waals surface area contributed by atoms with Gasteiger partial charge in [-0.15, -0.1) is 0 Å². The molecule has 0 aromatic carbocycles. The van der Waals surface area contributed by atoms with Crippen LogP contribution in [0.3, 0.4) is 0 Å². The summed E-state index contributed by atoms with van der Waals surface area (Å²) in [5.41, 5.74) is -0.152. The molecule has 36 heavy (non-hydrogen) atoms. The highest BCUT2D eigenvalue weighted by Gasteiger charge is 2.59. The van der Waals surface area contributed by atoms with E-state index in [0.717, 1.165) is 20.8 Å². The molecule has 0 aromatic heterocycles. The van der Waals surface area contributed by atoms with Gasteiger partial charge < -0.3 is 33.2 Å². The van der Waals surface area contributed by atoms with Crippen LogP contribution in [0.5, 0.6) is 0 Å². The summed E-state index contributed by atoms with van der Waals surface area (Å²) in [7, 11) is -1.35. The van der Waals surface area contributed by atoms with Gasteiger partial charge in [0, 0.05) is 40.2 Å². The summed E-state index contributed by atoms with van der Waals surface area (Å²) in [6.07, 6.45) is -4.56. The van der Waals surface area contributed by atoms with Crippen molar-refractivity contribution in [3.63, 3.8) is 0 Å². The second-order valence-electron chi connectivity index (χ2n) is 10.4. The van der Waals surface area contributed by atoms with E-state index in [9.17, 15) is 24.3 Å². The Morgan fingerprint density at radius 3 is 1.89 bits per heavy atom. The standard InChI is InChI=1S/C24H42O11Si/c1-14(25)30-13-18-20(31-15(2)26)21(32-16(3)27)22(33-17(4)28)24(29,34-18)12-10-11-19(23(5,6)7)35-36(8)9/h18-22,29,36H,10-13H2,1-9H3/t18-,19?,20+,21+,22-,24+/m1/s1. The van der Waals surface area contributed by atoms with E-state index in [0.29, 0.717) is 12.8 Å². The molecule has 1 heterocycles. The Morgan fingerprint density at radius 1 is 0.917 bits per heavy atom. The normalized spacial score (nSPS) is 27.2. The summed E-state index contributed by atoms with van der Waals surface area (Å²) in [6, 6.07) is 0. The zero-order valence-corrected chi connectivity index (χ0v) is 24.0. The number of carbonyl (C=O) groups excluding carboxylic acids is 4. The van der Waals surface area contributed by atoms with Gasteiger partial charge in [-0.2, -0.15) is 0 Å². The molecule has 0 aromatic rings. The van der Waals surface area contributed by atoms with Gasteiger partial charge in [0.05, 0.1) is 0 Å². The molecule has 1 fully saturated rings. The molecule has 1 saturated heterocycles. The van der Waals surface area contributed by atoms with Crippen molar-refractivity contribution in [2.45, 2.75) is 117 Å². The van der Waals surface area contributed by atoms with Crippen molar-refractivity contribution in [3.8, 4) is 0 Å². The van der Waals surface area contributed by atoms with E-state index < -0.39 is 69.7 Å². The van der Waals surface area contributed by atoms with Gasteiger partial charge in [0.25, 0.3) is 0 Å². The Labute approximate surface area is 214 Å². The maximum absolute atomic E-state index is 12.0. The quantitative estimate of drug-likeness (QED) is 0.236. The highest BCUT2D eigenvalue weighted by molar-refractivity contribution is 6.48. The van der Waals surface area contributed by atoms with Crippen LogP contribution in [-0.2, 0) is 47.3 Å². The van der Waals surface area contributed by atoms with Crippen molar-refractivity contribution in [1.82, 2.24) is 0 Å². The highest BCUT2D eigenvalue weighted by Crippen LogP contribution is 2.38. The van der Waals surface area contributed by atoms with Crippen molar-refractivity contribution >= 4 is 32.9 Å². The van der Waals surface area contributed by atoms with Crippen molar-refractivity contribution in [2.75, 3.05) is 6.61 Å². The van der Waals surface area contributed by atoms with E-state index in [1.54, 1.807) is 0 Å².